The summed E-state index contributed by atoms with van der Waals surface area (Å²) >= 11 is 0. The van der Waals surface area contributed by atoms with Crippen molar-refractivity contribution in [1.82, 2.24) is 10.2 Å². The molecule has 2 atom stereocenters. The van der Waals surface area contributed by atoms with Crippen molar-refractivity contribution < 1.29 is 14.6 Å². The summed E-state index contributed by atoms with van der Waals surface area (Å²) in [7, 11) is 1.55. The lowest BCUT2D eigenvalue weighted by atomic mass is 9.85. The molecule has 0 spiro atoms. The fraction of sp³-hybridized carbons (Fsp3) is 0.500. The minimum atomic E-state index is -0.911. The van der Waals surface area contributed by atoms with E-state index in [1.165, 1.54) is 0 Å². The SMILES string of the molecule is CCN(C(=O)NC)[C@@H]1c2cc(C#N)ccc2OC(C)(C)[C@H]1O. The number of aliphatic hydroxyl groups is 1. The van der Waals surface area contributed by atoms with E-state index in [4.69, 9.17) is 10.00 Å². The molecule has 1 aromatic carbocycles. The third kappa shape index (κ3) is 2.60. The molecule has 22 heavy (non-hydrogen) atoms. The molecular weight excluding hydrogens is 282 g/mol. The summed E-state index contributed by atoms with van der Waals surface area (Å²) < 4.78 is 5.85. The maximum Gasteiger partial charge on any atom is 0.317 e. The number of nitrogens with zero attached hydrogens (tertiary/aromatic N) is 2. The molecule has 0 aliphatic carbocycles. The first kappa shape index (κ1) is 16.1. The van der Waals surface area contributed by atoms with Crippen molar-refractivity contribution in [3.8, 4) is 11.8 Å². The second kappa shape index (κ2) is 5.85. The molecule has 6 heteroatoms. The quantitative estimate of drug-likeness (QED) is 0.872. The lowest BCUT2D eigenvalue weighted by Crippen LogP contribution is -2.55. The first-order chi connectivity index (χ1) is 10.4. The largest absolute Gasteiger partial charge is 0.485 e. The van der Waals surface area contributed by atoms with E-state index >= 15 is 0 Å². The van der Waals surface area contributed by atoms with E-state index in [0.717, 1.165) is 0 Å². The molecule has 1 aliphatic rings. The highest BCUT2D eigenvalue weighted by Gasteiger charge is 2.46. The number of ether oxygens (including phenoxy) is 1. The molecule has 0 unspecified atom stereocenters. The second-order valence-electron chi connectivity index (χ2n) is 5.80. The molecule has 118 valence electrons. The van der Waals surface area contributed by atoms with Crippen LogP contribution in [0, 0.1) is 11.3 Å². The summed E-state index contributed by atoms with van der Waals surface area (Å²) in [6, 6.07) is 6.28. The van der Waals surface area contributed by atoms with Crippen molar-refractivity contribution in [2.75, 3.05) is 13.6 Å². The average Bonchev–Trinajstić information content (AvgIpc) is 2.50. The van der Waals surface area contributed by atoms with Crippen molar-refractivity contribution in [3.05, 3.63) is 29.3 Å². The Balaban J connectivity index is 2.60. The van der Waals surface area contributed by atoms with Gasteiger partial charge in [0.2, 0.25) is 0 Å². The van der Waals surface area contributed by atoms with Gasteiger partial charge in [0.05, 0.1) is 17.7 Å². The highest BCUT2D eigenvalue weighted by molar-refractivity contribution is 5.75. The number of nitrogens with one attached hydrogen (secondary N) is 1. The van der Waals surface area contributed by atoms with Crippen LogP contribution in [0.3, 0.4) is 0 Å². The first-order valence-corrected chi connectivity index (χ1v) is 7.25. The molecule has 0 bridgehead atoms. The normalized spacial score (nSPS) is 22.0. The van der Waals surface area contributed by atoms with Gasteiger partial charge < -0.3 is 20.1 Å². The van der Waals surface area contributed by atoms with Gasteiger partial charge in [-0.2, -0.15) is 5.26 Å². The molecule has 6 nitrogen and oxygen atoms in total. The molecule has 0 fully saturated rings. The summed E-state index contributed by atoms with van der Waals surface area (Å²) in [6.07, 6.45) is -0.911. The van der Waals surface area contributed by atoms with E-state index in [-0.39, 0.29) is 6.03 Å². The zero-order chi connectivity index (χ0) is 16.5. The number of rotatable bonds is 2. The Morgan fingerprint density at radius 1 is 1.55 bits per heavy atom. The smallest absolute Gasteiger partial charge is 0.317 e. The molecule has 0 aromatic heterocycles. The summed E-state index contributed by atoms with van der Waals surface area (Å²) in [5.41, 5.74) is 0.274. The minimum absolute atomic E-state index is 0.280. The number of carbonyl (C=O) groups excluding carboxylic acids is 1. The van der Waals surface area contributed by atoms with Crippen LogP contribution < -0.4 is 10.1 Å². The molecule has 1 heterocycles. The molecule has 2 amide bonds. The van der Waals surface area contributed by atoms with Gasteiger partial charge in [0.15, 0.2) is 0 Å². The molecule has 2 N–H and O–H groups in total. The zero-order valence-electron chi connectivity index (χ0n) is 13.3. The molecule has 2 rings (SSSR count). The maximum absolute atomic E-state index is 12.2. The third-order valence-electron chi connectivity index (χ3n) is 3.99. The molecular formula is C16H21N3O3. The van der Waals surface area contributed by atoms with Crippen LogP contribution in [0.1, 0.15) is 37.9 Å². The number of carbonyl (C=O) groups is 1. The zero-order valence-corrected chi connectivity index (χ0v) is 13.3. The third-order valence-corrected chi connectivity index (χ3v) is 3.99. The fourth-order valence-corrected chi connectivity index (χ4v) is 2.78. The van der Waals surface area contributed by atoms with Crippen LogP contribution in [0.15, 0.2) is 18.2 Å². The Morgan fingerprint density at radius 2 is 2.23 bits per heavy atom. The summed E-state index contributed by atoms with van der Waals surface area (Å²) in [5, 5.41) is 22.4. The monoisotopic (exact) mass is 303 g/mol. The van der Waals surface area contributed by atoms with Crippen LogP contribution in [0.2, 0.25) is 0 Å². The van der Waals surface area contributed by atoms with Crippen LogP contribution in [0.5, 0.6) is 5.75 Å². The summed E-state index contributed by atoms with van der Waals surface area (Å²) in [5.74, 6) is 0.585. The number of benzene rings is 1. The molecule has 1 aromatic rings. The van der Waals surface area contributed by atoms with Crippen molar-refractivity contribution in [2.45, 2.75) is 38.5 Å². The average molecular weight is 303 g/mol. The lowest BCUT2D eigenvalue weighted by Gasteiger charge is -2.46. The van der Waals surface area contributed by atoms with Crippen LogP contribution in [-0.2, 0) is 0 Å². The van der Waals surface area contributed by atoms with Crippen molar-refractivity contribution in [1.29, 1.82) is 5.26 Å². The maximum atomic E-state index is 12.2. The number of aliphatic hydroxyl groups excluding tert-OH is 1. The summed E-state index contributed by atoms with van der Waals surface area (Å²) in [4.78, 5) is 13.7. The Hall–Kier alpha value is -2.26. The van der Waals surface area contributed by atoms with Crippen molar-refractivity contribution >= 4 is 6.03 Å². The van der Waals surface area contributed by atoms with Gasteiger partial charge in [0, 0.05) is 19.2 Å². The molecule has 0 saturated heterocycles. The molecule has 0 radical (unpaired) electrons. The predicted molar refractivity (Wildman–Crippen MR) is 81.4 cm³/mol. The van der Waals surface area contributed by atoms with Crippen molar-refractivity contribution in [3.63, 3.8) is 0 Å². The van der Waals surface area contributed by atoms with E-state index in [2.05, 4.69) is 11.4 Å². The van der Waals surface area contributed by atoms with Gasteiger partial charge in [-0.3, -0.25) is 0 Å². The van der Waals surface area contributed by atoms with E-state index in [0.29, 0.717) is 23.4 Å². The Bertz CT molecular complexity index is 622. The number of hydrogen-bond donors (Lipinski definition) is 2. The minimum Gasteiger partial charge on any atom is -0.485 e. The number of fused-ring (bicyclic) bond motifs is 1. The van der Waals surface area contributed by atoms with Crippen LogP contribution >= 0.6 is 0 Å². The fourth-order valence-electron chi connectivity index (χ4n) is 2.78. The van der Waals surface area contributed by atoms with Gasteiger partial charge >= 0.3 is 6.03 Å². The van der Waals surface area contributed by atoms with Crippen LogP contribution in [0.4, 0.5) is 4.79 Å². The first-order valence-electron chi connectivity index (χ1n) is 7.25. The van der Waals surface area contributed by atoms with E-state index in [1.54, 1.807) is 44.0 Å². The molecule has 0 saturated carbocycles. The van der Waals surface area contributed by atoms with Gasteiger partial charge in [-0.25, -0.2) is 4.79 Å². The Morgan fingerprint density at radius 3 is 2.77 bits per heavy atom. The highest BCUT2D eigenvalue weighted by Crippen LogP contribution is 2.43. The van der Waals surface area contributed by atoms with Crippen molar-refractivity contribution in [2.24, 2.45) is 0 Å². The van der Waals surface area contributed by atoms with Crippen LogP contribution in [0.25, 0.3) is 0 Å². The number of urea groups is 1. The van der Waals surface area contributed by atoms with Crippen LogP contribution in [-0.4, -0.2) is 41.3 Å². The second-order valence-corrected chi connectivity index (χ2v) is 5.80. The standard InChI is InChI=1S/C16H21N3O3/c1-5-19(15(21)18-4)13-11-8-10(9-17)6-7-12(11)22-16(2,3)14(13)20/h6-8,13-14,20H,5H2,1-4H3,(H,18,21)/t13-,14+/m1/s1. The van der Waals surface area contributed by atoms with Gasteiger partial charge in [-0.15, -0.1) is 0 Å². The van der Waals surface area contributed by atoms with E-state index < -0.39 is 17.7 Å². The summed E-state index contributed by atoms with van der Waals surface area (Å²) in [6.45, 7) is 5.83. The predicted octanol–water partition coefficient (Wildman–Crippen LogP) is 1.79. The Labute approximate surface area is 130 Å². The van der Waals surface area contributed by atoms with E-state index in [1.807, 2.05) is 6.92 Å². The number of likely N-dealkylation sites (N-methyl/N-ethyl adjacent to an activating group) is 1. The van der Waals surface area contributed by atoms with Gasteiger partial charge in [-0.05, 0) is 39.0 Å². The number of nitriles is 1. The van der Waals surface area contributed by atoms with Gasteiger partial charge in [0.1, 0.15) is 17.5 Å². The van der Waals surface area contributed by atoms with E-state index in [9.17, 15) is 9.90 Å². The lowest BCUT2D eigenvalue weighted by molar-refractivity contribution is -0.0841. The number of hydrogen-bond acceptors (Lipinski definition) is 4. The highest BCUT2D eigenvalue weighted by atomic mass is 16.5. The Kier molecular flexibility index (Phi) is 4.29. The number of amides is 2. The molecule has 1 aliphatic heterocycles. The van der Waals surface area contributed by atoms with Gasteiger partial charge in [0.25, 0.3) is 0 Å². The van der Waals surface area contributed by atoms with Gasteiger partial charge in [-0.1, -0.05) is 0 Å². The topological polar surface area (TPSA) is 85.6 Å².